The van der Waals surface area contributed by atoms with Crippen molar-refractivity contribution in [2.75, 3.05) is 7.11 Å². The zero-order chi connectivity index (χ0) is 18.0. The van der Waals surface area contributed by atoms with Crippen LogP contribution in [0.4, 0.5) is 0 Å². The number of aromatic nitrogens is 1. The summed E-state index contributed by atoms with van der Waals surface area (Å²) in [7, 11) is 1.64. The van der Waals surface area contributed by atoms with Crippen LogP contribution in [0.5, 0.6) is 5.75 Å². The number of ether oxygens (including phenoxy) is 1. The van der Waals surface area contributed by atoms with Crippen LogP contribution in [-0.4, -0.2) is 17.6 Å². The van der Waals surface area contributed by atoms with E-state index in [1.165, 1.54) is 11.3 Å². The summed E-state index contributed by atoms with van der Waals surface area (Å²) in [6.45, 7) is 4.79. The smallest absolute Gasteiger partial charge is 0.252 e. The van der Waals surface area contributed by atoms with Crippen molar-refractivity contribution in [3.05, 3.63) is 56.8 Å². The number of amides is 1. The summed E-state index contributed by atoms with van der Waals surface area (Å²) in [6, 6.07) is 11.8. The lowest BCUT2D eigenvalue weighted by Gasteiger charge is -2.06. The van der Waals surface area contributed by atoms with Gasteiger partial charge in [0.1, 0.15) is 5.75 Å². The number of rotatable bonds is 4. The molecule has 0 bridgehead atoms. The molecule has 0 aliphatic heterocycles. The van der Waals surface area contributed by atoms with E-state index in [0.717, 1.165) is 42.9 Å². The van der Waals surface area contributed by atoms with Gasteiger partial charge in [-0.15, -0.1) is 0 Å². The SMILES string of the molecule is CCn1c(=NC(=O)Cc2ccc(OC)c(C)c2)sc2cccc(Br)c21. The summed E-state index contributed by atoms with van der Waals surface area (Å²) in [6.07, 6.45) is 0.282. The van der Waals surface area contributed by atoms with Crippen LogP contribution in [0.25, 0.3) is 10.2 Å². The Kier molecular flexibility index (Phi) is 5.39. The lowest BCUT2D eigenvalue weighted by atomic mass is 10.1. The van der Waals surface area contributed by atoms with Crippen molar-refractivity contribution in [1.82, 2.24) is 4.57 Å². The van der Waals surface area contributed by atoms with Crippen LogP contribution in [0.2, 0.25) is 0 Å². The highest BCUT2D eigenvalue weighted by Gasteiger charge is 2.10. The molecule has 0 atom stereocenters. The maximum Gasteiger partial charge on any atom is 0.252 e. The highest BCUT2D eigenvalue weighted by Crippen LogP contribution is 2.25. The van der Waals surface area contributed by atoms with E-state index >= 15 is 0 Å². The molecule has 0 N–H and O–H groups in total. The quantitative estimate of drug-likeness (QED) is 0.626. The molecule has 3 rings (SSSR count). The fourth-order valence-corrected chi connectivity index (χ4v) is 4.69. The number of fused-ring (bicyclic) bond motifs is 1. The van der Waals surface area contributed by atoms with Crippen molar-refractivity contribution in [3.8, 4) is 5.75 Å². The first-order valence-corrected chi connectivity index (χ1v) is 9.63. The van der Waals surface area contributed by atoms with Crippen molar-refractivity contribution in [3.63, 3.8) is 0 Å². The molecule has 2 aromatic carbocycles. The van der Waals surface area contributed by atoms with Crippen LogP contribution in [0.15, 0.2) is 45.9 Å². The molecule has 0 radical (unpaired) electrons. The molecule has 0 aliphatic rings. The second-order valence-corrected chi connectivity index (χ2v) is 7.57. The van der Waals surface area contributed by atoms with Gasteiger partial charge in [-0.1, -0.05) is 29.5 Å². The summed E-state index contributed by atoms with van der Waals surface area (Å²) in [5, 5.41) is 0. The number of methoxy groups -OCH3 is 1. The minimum atomic E-state index is -0.144. The van der Waals surface area contributed by atoms with Crippen molar-refractivity contribution < 1.29 is 9.53 Å². The third-order valence-electron chi connectivity index (χ3n) is 4.00. The average molecular weight is 419 g/mol. The molecule has 6 heteroatoms. The highest BCUT2D eigenvalue weighted by atomic mass is 79.9. The van der Waals surface area contributed by atoms with Crippen molar-refractivity contribution in [2.24, 2.45) is 4.99 Å². The number of carbonyl (C=O) groups excluding carboxylic acids is 1. The van der Waals surface area contributed by atoms with E-state index in [0.29, 0.717) is 0 Å². The Hall–Kier alpha value is -1.92. The highest BCUT2D eigenvalue weighted by molar-refractivity contribution is 9.10. The van der Waals surface area contributed by atoms with Crippen LogP contribution in [0.1, 0.15) is 18.1 Å². The fraction of sp³-hybridized carbons (Fsp3) is 0.263. The molecule has 0 spiro atoms. The van der Waals surface area contributed by atoms with Crippen LogP contribution in [0, 0.1) is 6.92 Å². The van der Waals surface area contributed by atoms with E-state index in [-0.39, 0.29) is 12.3 Å². The van der Waals surface area contributed by atoms with Gasteiger partial charge in [0.15, 0.2) is 4.80 Å². The van der Waals surface area contributed by atoms with Gasteiger partial charge in [-0.3, -0.25) is 4.79 Å². The van der Waals surface area contributed by atoms with Gasteiger partial charge in [0.25, 0.3) is 5.91 Å². The molecule has 25 heavy (non-hydrogen) atoms. The summed E-state index contributed by atoms with van der Waals surface area (Å²) in [4.78, 5) is 17.6. The largest absolute Gasteiger partial charge is 0.496 e. The van der Waals surface area contributed by atoms with Crippen molar-refractivity contribution in [2.45, 2.75) is 26.8 Å². The number of hydrogen-bond donors (Lipinski definition) is 0. The van der Waals surface area contributed by atoms with Crippen LogP contribution in [0.3, 0.4) is 0 Å². The maximum absolute atomic E-state index is 12.5. The Morgan fingerprint density at radius 1 is 1.32 bits per heavy atom. The van der Waals surface area contributed by atoms with Crippen molar-refractivity contribution in [1.29, 1.82) is 0 Å². The summed E-state index contributed by atoms with van der Waals surface area (Å²) >= 11 is 5.13. The number of carbonyl (C=O) groups is 1. The number of para-hydroxylation sites is 1. The third kappa shape index (κ3) is 3.70. The average Bonchev–Trinajstić information content (AvgIpc) is 2.93. The van der Waals surface area contributed by atoms with E-state index in [4.69, 9.17) is 4.74 Å². The molecule has 4 nitrogen and oxygen atoms in total. The van der Waals surface area contributed by atoms with Gasteiger partial charge < -0.3 is 9.30 Å². The van der Waals surface area contributed by atoms with Gasteiger partial charge in [-0.25, -0.2) is 0 Å². The first kappa shape index (κ1) is 17.9. The molecule has 0 saturated heterocycles. The molecule has 1 heterocycles. The topological polar surface area (TPSA) is 43.6 Å². The summed E-state index contributed by atoms with van der Waals surface area (Å²) < 4.78 is 9.46. The zero-order valence-corrected chi connectivity index (χ0v) is 16.8. The first-order valence-electron chi connectivity index (χ1n) is 8.02. The molecule has 130 valence electrons. The van der Waals surface area contributed by atoms with E-state index in [1.54, 1.807) is 7.11 Å². The minimum Gasteiger partial charge on any atom is -0.496 e. The second-order valence-electron chi connectivity index (χ2n) is 5.70. The molecule has 1 aromatic heterocycles. The predicted octanol–water partition coefficient (Wildman–Crippen LogP) is 4.47. The molecule has 3 aromatic rings. The van der Waals surface area contributed by atoms with Crippen LogP contribution < -0.4 is 9.54 Å². The Morgan fingerprint density at radius 2 is 2.12 bits per heavy atom. The monoisotopic (exact) mass is 418 g/mol. The zero-order valence-electron chi connectivity index (χ0n) is 14.4. The van der Waals surface area contributed by atoms with E-state index in [2.05, 4.69) is 32.4 Å². The Labute approximate surface area is 158 Å². The minimum absolute atomic E-state index is 0.144. The van der Waals surface area contributed by atoms with Crippen molar-refractivity contribution >= 4 is 43.4 Å². The molecule has 0 saturated carbocycles. The number of thiazole rings is 1. The number of hydrogen-bond acceptors (Lipinski definition) is 3. The van der Waals surface area contributed by atoms with Crippen LogP contribution in [-0.2, 0) is 17.8 Å². The Bertz CT molecular complexity index is 1000. The van der Waals surface area contributed by atoms with Gasteiger partial charge in [-0.05, 0) is 59.1 Å². The summed E-state index contributed by atoms with van der Waals surface area (Å²) in [5.74, 6) is 0.681. The summed E-state index contributed by atoms with van der Waals surface area (Å²) in [5.41, 5.74) is 3.04. The number of aryl methyl sites for hydroxylation is 2. The lowest BCUT2D eigenvalue weighted by Crippen LogP contribution is -2.16. The normalized spacial score (nSPS) is 11.9. The lowest BCUT2D eigenvalue weighted by molar-refractivity contribution is -0.117. The number of benzene rings is 2. The van der Waals surface area contributed by atoms with Gasteiger partial charge in [0.2, 0.25) is 0 Å². The molecule has 1 amide bonds. The van der Waals surface area contributed by atoms with Gasteiger partial charge in [0, 0.05) is 11.0 Å². The Morgan fingerprint density at radius 3 is 2.80 bits per heavy atom. The van der Waals surface area contributed by atoms with Gasteiger partial charge >= 0.3 is 0 Å². The van der Waals surface area contributed by atoms with Gasteiger partial charge in [-0.2, -0.15) is 4.99 Å². The maximum atomic E-state index is 12.5. The number of halogens is 1. The Balaban J connectivity index is 1.95. The van der Waals surface area contributed by atoms with Crippen LogP contribution >= 0.6 is 27.3 Å². The number of nitrogens with zero attached hydrogens (tertiary/aromatic N) is 2. The van der Waals surface area contributed by atoms with E-state index in [1.807, 2.05) is 43.3 Å². The molecule has 0 fully saturated rings. The predicted molar refractivity (Wildman–Crippen MR) is 105 cm³/mol. The fourth-order valence-electron chi connectivity index (χ4n) is 2.84. The standard InChI is InChI=1S/C19H19BrN2O2S/c1-4-22-18-14(20)6-5-7-16(18)25-19(22)21-17(23)11-13-8-9-15(24-3)12(2)10-13/h5-10H,4,11H2,1-3H3. The molecule has 0 aliphatic carbocycles. The second kappa shape index (κ2) is 7.54. The van der Waals surface area contributed by atoms with Gasteiger partial charge in [0.05, 0.1) is 23.7 Å². The molecular formula is C19H19BrN2O2S. The van der Waals surface area contributed by atoms with E-state index in [9.17, 15) is 4.79 Å². The first-order chi connectivity index (χ1) is 12.0. The van der Waals surface area contributed by atoms with E-state index < -0.39 is 0 Å². The molecule has 0 unspecified atom stereocenters. The molecular weight excluding hydrogens is 400 g/mol. The third-order valence-corrected chi connectivity index (χ3v) is 5.69.